The maximum absolute atomic E-state index is 5.65. The van der Waals surface area contributed by atoms with Gasteiger partial charge in [0.1, 0.15) is 0 Å². The first-order valence-corrected chi connectivity index (χ1v) is 4.89. The Morgan fingerprint density at radius 3 is 2.00 bits per heavy atom. The summed E-state index contributed by atoms with van der Waals surface area (Å²) >= 11 is 0. The van der Waals surface area contributed by atoms with Crippen molar-refractivity contribution in [2.45, 2.75) is 26.7 Å². The third-order valence-electron chi connectivity index (χ3n) is 3.66. The summed E-state index contributed by atoms with van der Waals surface area (Å²) in [5, 5.41) is 0. The number of rotatable bonds is 1. The van der Waals surface area contributed by atoms with Gasteiger partial charge in [-0.1, -0.05) is 32.9 Å². The van der Waals surface area contributed by atoms with Crippen LogP contribution in [0.1, 0.15) is 32.3 Å². The average molecular weight is 175 g/mol. The van der Waals surface area contributed by atoms with E-state index in [2.05, 4.69) is 32.9 Å². The molecule has 0 bridgehead atoms. The van der Waals surface area contributed by atoms with Crippen LogP contribution in [-0.4, -0.2) is 0 Å². The molecule has 0 radical (unpaired) electrons. The fourth-order valence-corrected chi connectivity index (χ4v) is 2.32. The predicted molar refractivity (Wildman–Crippen MR) is 56.5 cm³/mol. The van der Waals surface area contributed by atoms with Crippen LogP contribution in [0, 0.1) is 11.3 Å². The molecular formula is C12H17N. The van der Waals surface area contributed by atoms with E-state index in [0.29, 0.717) is 5.41 Å². The summed E-state index contributed by atoms with van der Waals surface area (Å²) in [5.74, 6) is 1.53. The quantitative estimate of drug-likeness (QED) is 0.652. The highest BCUT2D eigenvalue weighted by Gasteiger charge is 2.54. The van der Waals surface area contributed by atoms with Crippen LogP contribution in [0.25, 0.3) is 0 Å². The first kappa shape index (κ1) is 8.61. The van der Waals surface area contributed by atoms with Gasteiger partial charge in [0.2, 0.25) is 0 Å². The van der Waals surface area contributed by atoms with Crippen LogP contribution in [-0.2, 0) is 0 Å². The molecule has 2 atom stereocenters. The van der Waals surface area contributed by atoms with Crippen LogP contribution in [0.4, 0.5) is 5.69 Å². The predicted octanol–water partition coefficient (Wildman–Crippen LogP) is 3.03. The van der Waals surface area contributed by atoms with E-state index in [-0.39, 0.29) is 0 Å². The fraction of sp³-hybridized carbons (Fsp3) is 0.500. The number of benzene rings is 1. The van der Waals surface area contributed by atoms with Gasteiger partial charge in [-0.15, -0.1) is 0 Å². The van der Waals surface area contributed by atoms with Crippen LogP contribution in [0.15, 0.2) is 24.3 Å². The molecule has 13 heavy (non-hydrogen) atoms. The van der Waals surface area contributed by atoms with Crippen LogP contribution < -0.4 is 5.73 Å². The molecule has 1 heteroatoms. The molecule has 1 aliphatic rings. The molecule has 0 amide bonds. The molecule has 1 fully saturated rings. The van der Waals surface area contributed by atoms with E-state index in [1.165, 1.54) is 5.56 Å². The largest absolute Gasteiger partial charge is 0.399 e. The van der Waals surface area contributed by atoms with Crippen LogP contribution in [0.2, 0.25) is 0 Å². The monoisotopic (exact) mass is 175 g/mol. The second-order valence-corrected chi connectivity index (χ2v) is 4.75. The molecule has 1 aliphatic carbocycles. The summed E-state index contributed by atoms with van der Waals surface area (Å²) < 4.78 is 0. The van der Waals surface area contributed by atoms with Crippen molar-refractivity contribution in [2.24, 2.45) is 11.3 Å². The molecule has 1 unspecified atom stereocenters. The van der Waals surface area contributed by atoms with Gasteiger partial charge in [-0.05, 0) is 34.9 Å². The molecule has 0 saturated heterocycles. The Balaban J connectivity index is 2.25. The molecular weight excluding hydrogens is 158 g/mol. The lowest BCUT2D eigenvalue weighted by molar-refractivity contribution is 0.575. The van der Waals surface area contributed by atoms with Crippen LogP contribution in [0.3, 0.4) is 0 Å². The molecule has 1 aromatic carbocycles. The van der Waals surface area contributed by atoms with Gasteiger partial charge in [0.05, 0.1) is 0 Å². The van der Waals surface area contributed by atoms with Gasteiger partial charge in [0, 0.05) is 5.69 Å². The van der Waals surface area contributed by atoms with Gasteiger partial charge in [-0.2, -0.15) is 0 Å². The minimum Gasteiger partial charge on any atom is -0.399 e. The normalized spacial score (nSPS) is 30.1. The lowest BCUT2D eigenvalue weighted by Crippen LogP contribution is -1.90. The lowest BCUT2D eigenvalue weighted by atomic mass is 10.0. The molecule has 70 valence electrons. The van der Waals surface area contributed by atoms with E-state index < -0.39 is 0 Å². The molecule has 1 saturated carbocycles. The molecule has 0 spiro atoms. The Morgan fingerprint density at radius 2 is 1.62 bits per heavy atom. The summed E-state index contributed by atoms with van der Waals surface area (Å²) in [6, 6.07) is 8.31. The number of hydrogen-bond acceptors (Lipinski definition) is 1. The Kier molecular flexibility index (Phi) is 1.66. The molecule has 2 rings (SSSR count). The molecule has 1 aromatic rings. The minimum atomic E-state index is 0.482. The van der Waals surface area contributed by atoms with Gasteiger partial charge in [-0.3, -0.25) is 0 Å². The van der Waals surface area contributed by atoms with E-state index in [4.69, 9.17) is 5.73 Å². The molecule has 2 N–H and O–H groups in total. The highest BCUT2D eigenvalue weighted by atomic mass is 14.6. The van der Waals surface area contributed by atoms with Crippen molar-refractivity contribution in [3.05, 3.63) is 29.8 Å². The summed E-state index contributed by atoms with van der Waals surface area (Å²) in [6.45, 7) is 6.98. The van der Waals surface area contributed by atoms with Gasteiger partial charge < -0.3 is 5.73 Å². The maximum Gasteiger partial charge on any atom is 0.0314 e. The first-order valence-electron chi connectivity index (χ1n) is 4.89. The average Bonchev–Trinajstić information content (AvgIpc) is 2.55. The van der Waals surface area contributed by atoms with Gasteiger partial charge >= 0.3 is 0 Å². The van der Waals surface area contributed by atoms with Crippen LogP contribution in [0.5, 0.6) is 0 Å². The van der Waals surface area contributed by atoms with E-state index in [1.807, 2.05) is 12.1 Å². The van der Waals surface area contributed by atoms with Gasteiger partial charge in [0.15, 0.2) is 0 Å². The number of nitrogens with two attached hydrogens (primary N) is 1. The van der Waals surface area contributed by atoms with Crippen molar-refractivity contribution in [1.29, 1.82) is 0 Å². The molecule has 0 aliphatic heterocycles. The Bertz CT molecular complexity index is 310. The molecule has 0 aromatic heterocycles. The summed E-state index contributed by atoms with van der Waals surface area (Å²) in [5.41, 5.74) is 8.42. The van der Waals surface area contributed by atoms with Gasteiger partial charge in [0.25, 0.3) is 0 Å². The third-order valence-corrected chi connectivity index (χ3v) is 3.66. The van der Waals surface area contributed by atoms with Crippen molar-refractivity contribution in [2.75, 3.05) is 5.73 Å². The number of hydrogen-bond donors (Lipinski definition) is 1. The van der Waals surface area contributed by atoms with E-state index in [1.54, 1.807) is 0 Å². The summed E-state index contributed by atoms with van der Waals surface area (Å²) in [4.78, 5) is 0. The lowest BCUT2D eigenvalue weighted by Gasteiger charge is -2.03. The highest BCUT2D eigenvalue weighted by molar-refractivity contribution is 5.42. The van der Waals surface area contributed by atoms with Crippen LogP contribution >= 0.6 is 0 Å². The van der Waals surface area contributed by atoms with Crippen molar-refractivity contribution in [3.8, 4) is 0 Å². The topological polar surface area (TPSA) is 26.0 Å². The Morgan fingerprint density at radius 1 is 1.15 bits per heavy atom. The molecule has 0 heterocycles. The zero-order valence-corrected chi connectivity index (χ0v) is 8.54. The van der Waals surface area contributed by atoms with E-state index >= 15 is 0 Å². The maximum atomic E-state index is 5.65. The second kappa shape index (κ2) is 2.50. The minimum absolute atomic E-state index is 0.482. The van der Waals surface area contributed by atoms with E-state index in [0.717, 1.165) is 17.5 Å². The Hall–Kier alpha value is -0.980. The summed E-state index contributed by atoms with van der Waals surface area (Å²) in [7, 11) is 0. The first-order chi connectivity index (χ1) is 6.03. The number of anilines is 1. The zero-order valence-electron chi connectivity index (χ0n) is 8.54. The fourth-order valence-electron chi connectivity index (χ4n) is 2.32. The standard InChI is InChI=1S/C12H17N/c1-8-11(12(8,2)3)9-4-6-10(13)7-5-9/h4-8,11H,13H2,1-3H3/t8?,11-/m1/s1. The third kappa shape index (κ3) is 1.23. The molecule has 1 nitrogen and oxygen atoms in total. The highest BCUT2D eigenvalue weighted by Crippen LogP contribution is 2.63. The second-order valence-electron chi connectivity index (χ2n) is 4.75. The van der Waals surface area contributed by atoms with Crippen molar-refractivity contribution in [3.63, 3.8) is 0 Å². The zero-order chi connectivity index (χ0) is 9.64. The SMILES string of the molecule is CC1[C@H](c2ccc(N)cc2)C1(C)C. The smallest absolute Gasteiger partial charge is 0.0314 e. The number of nitrogen functional groups attached to an aromatic ring is 1. The summed E-state index contributed by atoms with van der Waals surface area (Å²) in [6.07, 6.45) is 0. The van der Waals surface area contributed by atoms with Crippen molar-refractivity contribution < 1.29 is 0 Å². The van der Waals surface area contributed by atoms with Gasteiger partial charge in [-0.25, -0.2) is 0 Å². The van der Waals surface area contributed by atoms with Crippen molar-refractivity contribution in [1.82, 2.24) is 0 Å². The Labute approximate surface area is 80.0 Å². The van der Waals surface area contributed by atoms with E-state index in [9.17, 15) is 0 Å². The van der Waals surface area contributed by atoms with Crippen molar-refractivity contribution >= 4 is 5.69 Å².